The van der Waals surface area contributed by atoms with Crippen molar-refractivity contribution in [1.82, 2.24) is 10.2 Å². The molecule has 4 rings (SSSR count). The lowest BCUT2D eigenvalue weighted by Crippen LogP contribution is -2.40. The van der Waals surface area contributed by atoms with Crippen LogP contribution < -0.4 is 5.32 Å². The number of ether oxygens (including phenoxy) is 1. The van der Waals surface area contributed by atoms with Gasteiger partial charge in [0, 0.05) is 30.1 Å². The van der Waals surface area contributed by atoms with Crippen molar-refractivity contribution in [3.63, 3.8) is 0 Å². The Morgan fingerprint density at radius 1 is 1.06 bits per heavy atom. The van der Waals surface area contributed by atoms with E-state index in [1.807, 2.05) is 49.4 Å². The Morgan fingerprint density at radius 2 is 1.79 bits per heavy atom. The number of cyclic esters (lactones) is 1. The number of amides is 2. The van der Waals surface area contributed by atoms with Crippen molar-refractivity contribution in [3.8, 4) is 0 Å². The largest absolute Gasteiger partial charge is 0.454 e. The molecule has 1 aliphatic rings. The van der Waals surface area contributed by atoms with Gasteiger partial charge in [-0.2, -0.15) is 0 Å². The highest BCUT2D eigenvalue weighted by Gasteiger charge is 2.29. The Bertz CT molecular complexity index is 1200. The second-order valence-corrected chi connectivity index (χ2v) is 8.54. The minimum absolute atomic E-state index is 0.0608. The molecule has 0 aliphatic carbocycles. The van der Waals surface area contributed by atoms with E-state index < -0.39 is 12.1 Å². The lowest BCUT2D eigenvalue weighted by Gasteiger charge is -2.26. The van der Waals surface area contributed by atoms with Crippen LogP contribution in [0.15, 0.2) is 72.8 Å². The zero-order chi connectivity index (χ0) is 24.1. The van der Waals surface area contributed by atoms with Crippen LogP contribution in [0.2, 0.25) is 5.02 Å². The van der Waals surface area contributed by atoms with E-state index in [-0.39, 0.29) is 18.4 Å². The molecular weight excluding hydrogens is 452 g/mol. The lowest BCUT2D eigenvalue weighted by molar-refractivity contribution is -0.121. The Hall–Kier alpha value is -3.64. The Labute approximate surface area is 203 Å². The van der Waals surface area contributed by atoms with Crippen molar-refractivity contribution in [1.29, 1.82) is 0 Å². The number of halogens is 1. The standard InChI is InChI=1S/C27H25ClN2O4/c1-2-30(17-25(31)29-16-18-8-11-22(28)12-9-18)26(32)20-10-13-23-21(14-20)15-24(34-27(23)33)19-6-4-3-5-7-19/h3-14,24H,2,15-17H2,1H3,(H,29,31). The highest BCUT2D eigenvalue weighted by Crippen LogP contribution is 2.31. The number of esters is 1. The van der Waals surface area contributed by atoms with Gasteiger partial charge in [-0.1, -0.05) is 54.1 Å². The second kappa shape index (κ2) is 10.5. The van der Waals surface area contributed by atoms with Gasteiger partial charge in [0.1, 0.15) is 6.10 Å². The van der Waals surface area contributed by atoms with Crippen molar-refractivity contribution in [2.75, 3.05) is 13.1 Å². The first-order valence-electron chi connectivity index (χ1n) is 11.1. The van der Waals surface area contributed by atoms with E-state index in [9.17, 15) is 14.4 Å². The number of fused-ring (bicyclic) bond motifs is 1. The van der Waals surface area contributed by atoms with Crippen molar-refractivity contribution in [2.45, 2.75) is 26.0 Å². The Morgan fingerprint density at radius 3 is 2.50 bits per heavy atom. The number of rotatable bonds is 7. The highest BCUT2D eigenvalue weighted by atomic mass is 35.5. The fraction of sp³-hybridized carbons (Fsp3) is 0.222. The van der Waals surface area contributed by atoms with E-state index in [1.165, 1.54) is 4.90 Å². The predicted molar refractivity (Wildman–Crippen MR) is 130 cm³/mol. The summed E-state index contributed by atoms with van der Waals surface area (Å²) in [5, 5.41) is 3.46. The van der Waals surface area contributed by atoms with Crippen LogP contribution in [0.1, 0.15) is 50.4 Å². The van der Waals surface area contributed by atoms with Gasteiger partial charge in [-0.25, -0.2) is 4.79 Å². The topological polar surface area (TPSA) is 75.7 Å². The average molecular weight is 477 g/mol. The fourth-order valence-electron chi connectivity index (χ4n) is 3.92. The summed E-state index contributed by atoms with van der Waals surface area (Å²) < 4.78 is 5.60. The van der Waals surface area contributed by atoms with Crippen LogP contribution in [0, 0.1) is 0 Å². The molecule has 1 N–H and O–H groups in total. The summed E-state index contributed by atoms with van der Waals surface area (Å²) in [6.45, 7) is 2.49. The molecule has 0 fully saturated rings. The Kier molecular flexibility index (Phi) is 7.28. The highest BCUT2D eigenvalue weighted by molar-refractivity contribution is 6.30. The summed E-state index contributed by atoms with van der Waals surface area (Å²) in [6, 6.07) is 21.7. The molecule has 3 aromatic carbocycles. The molecule has 0 spiro atoms. The molecule has 0 saturated carbocycles. The van der Waals surface area contributed by atoms with Crippen LogP contribution >= 0.6 is 11.6 Å². The number of nitrogens with zero attached hydrogens (tertiary/aromatic N) is 1. The minimum Gasteiger partial charge on any atom is -0.454 e. The van der Waals surface area contributed by atoms with Crippen LogP contribution in [0.25, 0.3) is 0 Å². The number of nitrogens with one attached hydrogen (secondary N) is 1. The van der Waals surface area contributed by atoms with Gasteiger partial charge in [0.2, 0.25) is 5.91 Å². The zero-order valence-corrected chi connectivity index (χ0v) is 19.5. The molecule has 6 nitrogen and oxygen atoms in total. The monoisotopic (exact) mass is 476 g/mol. The van der Waals surface area contributed by atoms with E-state index in [1.54, 1.807) is 30.3 Å². The summed E-state index contributed by atoms with van der Waals surface area (Å²) in [4.78, 5) is 39.6. The quantitative estimate of drug-likeness (QED) is 0.507. The van der Waals surface area contributed by atoms with Gasteiger partial charge < -0.3 is 15.0 Å². The molecule has 1 heterocycles. The molecular formula is C27H25ClN2O4. The molecule has 7 heteroatoms. The van der Waals surface area contributed by atoms with E-state index in [2.05, 4.69) is 5.32 Å². The maximum Gasteiger partial charge on any atom is 0.339 e. The predicted octanol–water partition coefficient (Wildman–Crippen LogP) is 4.57. The van der Waals surface area contributed by atoms with Gasteiger partial charge in [-0.3, -0.25) is 9.59 Å². The molecule has 174 valence electrons. The van der Waals surface area contributed by atoms with E-state index >= 15 is 0 Å². The summed E-state index contributed by atoms with van der Waals surface area (Å²) in [5.41, 5.74) is 3.49. The third-order valence-corrected chi connectivity index (χ3v) is 6.06. The SMILES string of the molecule is CCN(CC(=O)NCc1ccc(Cl)cc1)C(=O)c1ccc2c(c1)CC(c1ccccc1)OC2=O. The lowest BCUT2D eigenvalue weighted by atomic mass is 9.93. The number of hydrogen-bond acceptors (Lipinski definition) is 4. The molecule has 0 radical (unpaired) electrons. The van der Waals surface area contributed by atoms with Crippen LogP contribution in [0.3, 0.4) is 0 Å². The fourth-order valence-corrected chi connectivity index (χ4v) is 4.05. The molecule has 1 unspecified atom stereocenters. The molecule has 0 bridgehead atoms. The first-order valence-corrected chi connectivity index (χ1v) is 11.5. The summed E-state index contributed by atoms with van der Waals surface area (Å²) >= 11 is 5.89. The van der Waals surface area contributed by atoms with Crippen molar-refractivity contribution < 1.29 is 19.1 Å². The summed E-state index contributed by atoms with van der Waals surface area (Å²) in [7, 11) is 0. The van der Waals surface area contributed by atoms with Crippen molar-refractivity contribution >= 4 is 29.4 Å². The van der Waals surface area contributed by atoms with Gasteiger partial charge in [-0.15, -0.1) is 0 Å². The molecule has 3 aromatic rings. The van der Waals surface area contributed by atoms with Gasteiger partial charge >= 0.3 is 5.97 Å². The van der Waals surface area contributed by atoms with Crippen molar-refractivity contribution in [2.24, 2.45) is 0 Å². The molecule has 0 aromatic heterocycles. The minimum atomic E-state index is -0.400. The normalized spacial score (nSPS) is 14.6. The number of hydrogen-bond donors (Lipinski definition) is 1. The molecule has 1 atom stereocenters. The smallest absolute Gasteiger partial charge is 0.339 e. The molecule has 1 aliphatic heterocycles. The van der Waals surface area contributed by atoms with Crippen LogP contribution in [-0.4, -0.2) is 35.8 Å². The van der Waals surface area contributed by atoms with Gasteiger partial charge in [0.25, 0.3) is 5.91 Å². The maximum atomic E-state index is 13.2. The van der Waals surface area contributed by atoms with E-state index in [0.29, 0.717) is 35.7 Å². The van der Waals surface area contributed by atoms with Crippen LogP contribution in [0.4, 0.5) is 0 Å². The van der Waals surface area contributed by atoms with Gasteiger partial charge in [0.15, 0.2) is 0 Å². The first kappa shape index (κ1) is 23.5. The van der Waals surface area contributed by atoms with Crippen LogP contribution in [0.5, 0.6) is 0 Å². The molecule has 0 saturated heterocycles. The summed E-state index contributed by atoms with van der Waals surface area (Å²) in [6.07, 6.45) is 0.0902. The zero-order valence-electron chi connectivity index (χ0n) is 18.8. The van der Waals surface area contributed by atoms with Gasteiger partial charge in [-0.05, 0) is 53.9 Å². The maximum absolute atomic E-state index is 13.2. The second-order valence-electron chi connectivity index (χ2n) is 8.10. The van der Waals surface area contributed by atoms with Gasteiger partial charge in [0.05, 0.1) is 12.1 Å². The van der Waals surface area contributed by atoms with Crippen molar-refractivity contribution in [3.05, 3.63) is 106 Å². The molecule has 34 heavy (non-hydrogen) atoms. The van der Waals surface area contributed by atoms with E-state index in [4.69, 9.17) is 16.3 Å². The first-order chi connectivity index (χ1) is 16.4. The number of carbonyl (C=O) groups is 3. The average Bonchev–Trinajstić information content (AvgIpc) is 2.86. The van der Waals surface area contributed by atoms with Crippen LogP contribution in [-0.2, 0) is 22.5 Å². The van der Waals surface area contributed by atoms with E-state index in [0.717, 1.165) is 16.7 Å². The third-order valence-electron chi connectivity index (χ3n) is 5.80. The number of benzene rings is 3. The summed E-state index contributed by atoms with van der Waals surface area (Å²) in [5.74, 6) is -0.916. The molecule has 2 amide bonds. The number of likely N-dealkylation sites (N-methyl/N-ethyl adjacent to an activating group) is 1. The Balaban J connectivity index is 1.43. The number of carbonyl (C=O) groups excluding carboxylic acids is 3. The third kappa shape index (κ3) is 5.46.